The van der Waals surface area contributed by atoms with Crippen LogP contribution >= 0.6 is 11.8 Å². The monoisotopic (exact) mass is 279 g/mol. The van der Waals surface area contributed by atoms with Gasteiger partial charge in [0, 0.05) is 6.54 Å². The van der Waals surface area contributed by atoms with Crippen LogP contribution in [-0.2, 0) is 10.2 Å². The summed E-state index contributed by atoms with van der Waals surface area (Å²) in [5.41, 5.74) is 2.57. The summed E-state index contributed by atoms with van der Waals surface area (Å²) in [7, 11) is 0. The number of thioether (sulfide) groups is 1. The average Bonchev–Trinajstić information content (AvgIpc) is 2.71. The van der Waals surface area contributed by atoms with E-state index >= 15 is 0 Å². The molecule has 0 bridgehead atoms. The standard InChI is InChI=1S/C15H21NO2S/c1-15(2,3)12-6-4-11(5-7-12)14-16(8-9-17)13(18)10-19-14/h4-7,14,17H,8-10H2,1-3H3. The quantitative estimate of drug-likeness (QED) is 0.924. The van der Waals surface area contributed by atoms with Gasteiger partial charge in [-0.15, -0.1) is 11.8 Å². The van der Waals surface area contributed by atoms with Crippen molar-refractivity contribution in [1.82, 2.24) is 4.90 Å². The number of aliphatic hydroxyl groups excluding tert-OH is 1. The first-order valence-corrected chi connectivity index (χ1v) is 7.61. The summed E-state index contributed by atoms with van der Waals surface area (Å²) >= 11 is 1.63. The maximum Gasteiger partial charge on any atom is 0.233 e. The predicted molar refractivity (Wildman–Crippen MR) is 79.1 cm³/mol. The van der Waals surface area contributed by atoms with Crippen LogP contribution in [0.2, 0.25) is 0 Å². The van der Waals surface area contributed by atoms with Crippen LogP contribution in [0, 0.1) is 0 Å². The van der Waals surface area contributed by atoms with Gasteiger partial charge in [-0.3, -0.25) is 4.79 Å². The number of amides is 1. The number of hydrogen-bond donors (Lipinski definition) is 1. The fourth-order valence-electron chi connectivity index (χ4n) is 2.23. The van der Waals surface area contributed by atoms with Crippen molar-refractivity contribution in [3.8, 4) is 0 Å². The van der Waals surface area contributed by atoms with Gasteiger partial charge in [0.2, 0.25) is 5.91 Å². The van der Waals surface area contributed by atoms with Gasteiger partial charge in [-0.05, 0) is 16.5 Å². The topological polar surface area (TPSA) is 40.5 Å². The average molecular weight is 279 g/mol. The molecule has 1 aromatic rings. The summed E-state index contributed by atoms with van der Waals surface area (Å²) in [6.45, 7) is 7.00. The Bertz CT molecular complexity index is 450. The zero-order chi connectivity index (χ0) is 14.0. The van der Waals surface area contributed by atoms with Gasteiger partial charge in [-0.25, -0.2) is 0 Å². The Labute approximate surface area is 119 Å². The molecule has 1 aliphatic heterocycles. The number of aliphatic hydroxyl groups is 1. The number of carbonyl (C=O) groups excluding carboxylic acids is 1. The van der Waals surface area contributed by atoms with Crippen LogP contribution < -0.4 is 0 Å². The highest BCUT2D eigenvalue weighted by molar-refractivity contribution is 8.00. The van der Waals surface area contributed by atoms with Crippen molar-refractivity contribution in [3.05, 3.63) is 35.4 Å². The highest BCUT2D eigenvalue weighted by Gasteiger charge is 2.32. The Hall–Kier alpha value is -1.00. The second-order valence-corrected chi connectivity index (χ2v) is 6.91. The van der Waals surface area contributed by atoms with E-state index in [1.54, 1.807) is 16.7 Å². The highest BCUT2D eigenvalue weighted by atomic mass is 32.2. The lowest BCUT2D eigenvalue weighted by Crippen LogP contribution is -2.30. The zero-order valence-corrected chi connectivity index (χ0v) is 12.5. The number of β-amino-alcohol motifs (C(OH)–C–C–N with tert-alkyl or cyclic N) is 1. The minimum Gasteiger partial charge on any atom is -0.395 e. The number of hydrogen-bond acceptors (Lipinski definition) is 3. The summed E-state index contributed by atoms with van der Waals surface area (Å²) in [6.07, 6.45) is 0. The van der Waals surface area contributed by atoms with Crippen LogP contribution in [0.5, 0.6) is 0 Å². The SMILES string of the molecule is CC(C)(C)c1ccc(C2SCC(=O)N2CCO)cc1. The molecule has 1 atom stereocenters. The molecule has 0 aromatic heterocycles. The van der Waals surface area contributed by atoms with Crippen LogP contribution in [0.25, 0.3) is 0 Å². The first kappa shape index (κ1) is 14.4. The van der Waals surface area contributed by atoms with E-state index in [0.717, 1.165) is 5.56 Å². The molecule has 0 radical (unpaired) electrons. The second kappa shape index (κ2) is 5.55. The number of benzene rings is 1. The molecule has 3 nitrogen and oxygen atoms in total. The summed E-state index contributed by atoms with van der Waals surface area (Å²) in [5.74, 6) is 0.620. The molecule has 0 spiro atoms. The van der Waals surface area contributed by atoms with Crippen LogP contribution in [-0.4, -0.2) is 34.8 Å². The first-order valence-electron chi connectivity index (χ1n) is 6.56. The summed E-state index contributed by atoms with van der Waals surface area (Å²) in [6, 6.07) is 8.47. The summed E-state index contributed by atoms with van der Waals surface area (Å²) in [4.78, 5) is 13.5. The third-order valence-electron chi connectivity index (χ3n) is 3.37. The minimum absolute atomic E-state index is 0.0167. The molecule has 4 heteroatoms. The molecular weight excluding hydrogens is 258 g/mol. The van der Waals surface area contributed by atoms with Crippen molar-refractivity contribution in [2.24, 2.45) is 0 Å². The first-order chi connectivity index (χ1) is 8.93. The number of nitrogens with zero attached hydrogens (tertiary/aromatic N) is 1. The van der Waals surface area contributed by atoms with E-state index in [1.807, 2.05) is 0 Å². The lowest BCUT2D eigenvalue weighted by atomic mass is 9.87. The highest BCUT2D eigenvalue weighted by Crippen LogP contribution is 2.38. The van der Waals surface area contributed by atoms with Gasteiger partial charge in [-0.1, -0.05) is 45.0 Å². The van der Waals surface area contributed by atoms with Crippen molar-refractivity contribution in [3.63, 3.8) is 0 Å². The van der Waals surface area contributed by atoms with Crippen molar-refractivity contribution < 1.29 is 9.90 Å². The molecule has 2 rings (SSSR count). The van der Waals surface area contributed by atoms with Gasteiger partial charge < -0.3 is 10.0 Å². The molecule has 1 amide bonds. The normalized spacial score (nSPS) is 20.1. The second-order valence-electron chi connectivity index (χ2n) is 5.85. The molecule has 1 aromatic carbocycles. The van der Waals surface area contributed by atoms with E-state index in [1.165, 1.54) is 5.56 Å². The maximum absolute atomic E-state index is 11.8. The third kappa shape index (κ3) is 3.12. The Morgan fingerprint density at radius 2 is 1.95 bits per heavy atom. The van der Waals surface area contributed by atoms with Crippen molar-refractivity contribution in [1.29, 1.82) is 0 Å². The number of carbonyl (C=O) groups is 1. The fourth-order valence-corrected chi connectivity index (χ4v) is 3.45. The molecular formula is C15H21NO2S. The Morgan fingerprint density at radius 3 is 2.47 bits per heavy atom. The van der Waals surface area contributed by atoms with Gasteiger partial charge >= 0.3 is 0 Å². The van der Waals surface area contributed by atoms with Crippen molar-refractivity contribution in [2.45, 2.75) is 31.6 Å². The van der Waals surface area contributed by atoms with E-state index in [-0.39, 0.29) is 23.3 Å². The molecule has 104 valence electrons. The molecule has 0 saturated carbocycles. The van der Waals surface area contributed by atoms with E-state index in [2.05, 4.69) is 45.0 Å². The zero-order valence-electron chi connectivity index (χ0n) is 11.7. The fraction of sp³-hybridized carbons (Fsp3) is 0.533. The summed E-state index contributed by atoms with van der Waals surface area (Å²) < 4.78 is 0. The van der Waals surface area contributed by atoms with Gasteiger partial charge in [-0.2, -0.15) is 0 Å². The molecule has 1 fully saturated rings. The van der Waals surface area contributed by atoms with Crippen molar-refractivity contribution in [2.75, 3.05) is 18.9 Å². The lowest BCUT2D eigenvalue weighted by molar-refractivity contribution is -0.128. The maximum atomic E-state index is 11.8. The summed E-state index contributed by atoms with van der Waals surface area (Å²) in [5, 5.41) is 9.11. The van der Waals surface area contributed by atoms with Gasteiger partial charge in [0.05, 0.1) is 12.4 Å². The molecule has 0 aliphatic carbocycles. The van der Waals surface area contributed by atoms with Crippen molar-refractivity contribution >= 4 is 17.7 Å². The Morgan fingerprint density at radius 1 is 1.32 bits per heavy atom. The lowest BCUT2D eigenvalue weighted by Gasteiger charge is -2.24. The third-order valence-corrected chi connectivity index (χ3v) is 4.63. The van der Waals surface area contributed by atoms with Gasteiger partial charge in [0.1, 0.15) is 5.37 Å². The minimum atomic E-state index is 0.0167. The molecule has 1 N–H and O–H groups in total. The predicted octanol–water partition coefficient (Wildman–Crippen LogP) is 2.55. The van der Waals surface area contributed by atoms with Crippen LogP contribution in [0.1, 0.15) is 37.3 Å². The molecule has 1 saturated heterocycles. The Balaban J connectivity index is 2.20. The molecule has 1 aliphatic rings. The van der Waals surface area contributed by atoms with E-state index in [4.69, 9.17) is 5.11 Å². The van der Waals surface area contributed by atoms with Gasteiger partial charge in [0.25, 0.3) is 0 Å². The molecule has 1 heterocycles. The van der Waals surface area contributed by atoms with E-state index < -0.39 is 0 Å². The van der Waals surface area contributed by atoms with Crippen LogP contribution in [0.4, 0.5) is 0 Å². The van der Waals surface area contributed by atoms with E-state index in [0.29, 0.717) is 12.3 Å². The van der Waals surface area contributed by atoms with Crippen LogP contribution in [0.15, 0.2) is 24.3 Å². The largest absolute Gasteiger partial charge is 0.395 e. The van der Waals surface area contributed by atoms with Crippen LogP contribution in [0.3, 0.4) is 0 Å². The van der Waals surface area contributed by atoms with Gasteiger partial charge in [0.15, 0.2) is 0 Å². The molecule has 1 unspecified atom stereocenters. The number of rotatable bonds is 3. The smallest absolute Gasteiger partial charge is 0.233 e. The molecule has 19 heavy (non-hydrogen) atoms. The Kier molecular flexibility index (Phi) is 4.21. The van der Waals surface area contributed by atoms with E-state index in [9.17, 15) is 4.79 Å².